The monoisotopic (exact) mass is 1030 g/mol. The third-order valence-electron chi connectivity index (χ3n) is 14.4. The molecule has 6 unspecified atom stereocenters. The van der Waals surface area contributed by atoms with Crippen LogP contribution in [0.25, 0.3) is 0 Å². The highest BCUT2D eigenvalue weighted by Crippen LogP contribution is 2.28. The maximum absolute atomic E-state index is 13.3. The second kappa shape index (κ2) is 52.3. The van der Waals surface area contributed by atoms with Crippen molar-refractivity contribution in [2.24, 2.45) is 0 Å². The maximum atomic E-state index is 13.3. The van der Waals surface area contributed by atoms with Crippen molar-refractivity contribution in [1.29, 1.82) is 0 Å². The number of thioether (sulfide) groups is 2. The lowest BCUT2D eigenvalue weighted by Gasteiger charge is -2.27. The van der Waals surface area contributed by atoms with Crippen molar-refractivity contribution in [3.63, 3.8) is 0 Å². The molecule has 4 N–H and O–H groups in total. The van der Waals surface area contributed by atoms with Crippen LogP contribution in [0.4, 0.5) is 0 Å². The normalized spacial score (nSPS) is 14.6. The van der Waals surface area contributed by atoms with Gasteiger partial charge >= 0.3 is 0 Å². The number of aliphatic hydroxyl groups is 4. The van der Waals surface area contributed by atoms with Gasteiger partial charge < -0.3 is 20.4 Å². The average molecular weight is 1030 g/mol. The molecule has 0 aromatic carbocycles. The summed E-state index contributed by atoms with van der Waals surface area (Å²) in [6.45, 7) is 16.6. The molecule has 8 nitrogen and oxygen atoms in total. The van der Waals surface area contributed by atoms with E-state index < -0.39 is 24.4 Å². The lowest BCUT2D eigenvalue weighted by atomic mass is 10.0. The highest BCUT2D eigenvalue weighted by atomic mass is 32.2. The number of aliphatic hydroxyl groups excluding tert-OH is 4. The first kappa shape index (κ1) is 69.8. The zero-order valence-corrected chi connectivity index (χ0v) is 48.9. The van der Waals surface area contributed by atoms with E-state index in [2.05, 4.69) is 37.5 Å². The molecule has 10 heteroatoms. The van der Waals surface area contributed by atoms with E-state index >= 15 is 0 Å². The Morgan fingerprint density at radius 1 is 0.329 bits per heavy atom. The van der Waals surface area contributed by atoms with Crippen molar-refractivity contribution in [3.8, 4) is 0 Å². The minimum absolute atomic E-state index is 0.00559. The van der Waals surface area contributed by atoms with Gasteiger partial charge in [-0.3, -0.25) is 19.4 Å². The molecule has 70 heavy (non-hydrogen) atoms. The molecule has 0 rings (SSSR count). The van der Waals surface area contributed by atoms with Crippen LogP contribution in [0.2, 0.25) is 0 Å². The molecule has 6 atom stereocenters. The molecule has 0 aromatic rings. The predicted octanol–water partition coefficient (Wildman–Crippen LogP) is 16.0. The van der Waals surface area contributed by atoms with Gasteiger partial charge in [-0.25, -0.2) is 0 Å². The van der Waals surface area contributed by atoms with Gasteiger partial charge in [0, 0.05) is 49.5 Å². The quantitative estimate of drug-likeness (QED) is 0.0438. The largest absolute Gasteiger partial charge is 0.392 e. The number of hydrogen-bond donors (Lipinski definition) is 4. The van der Waals surface area contributed by atoms with Crippen LogP contribution in [0.15, 0.2) is 0 Å². The number of carbonyl (C=O) groups is 2. The Balaban J connectivity index is 5.00. The van der Waals surface area contributed by atoms with Crippen LogP contribution in [-0.2, 0) is 9.59 Å². The second-order valence-electron chi connectivity index (χ2n) is 21.8. The molecule has 0 aliphatic carbocycles. The SMILES string of the molecule is CCCCCCCCCCC(O)CN(CCCC(=O)SC(C)C(C)SC(=O)CCCN(CC(O)CCCCCCCCCC)CC(O)CCCCCCCCCC)CC(O)CCCCCCCCCC. The summed E-state index contributed by atoms with van der Waals surface area (Å²) in [6, 6.07) is 0. The maximum Gasteiger partial charge on any atom is 0.189 e. The molecular formula is C60H120N2O6S2. The van der Waals surface area contributed by atoms with Crippen molar-refractivity contribution >= 4 is 33.8 Å². The molecule has 0 aromatic heterocycles. The summed E-state index contributed by atoms with van der Waals surface area (Å²) in [6.07, 6.45) is 43.4. The molecular weight excluding hydrogens is 909 g/mol. The Morgan fingerprint density at radius 3 is 0.743 bits per heavy atom. The van der Waals surface area contributed by atoms with Gasteiger partial charge in [-0.05, 0) is 51.6 Å². The summed E-state index contributed by atoms with van der Waals surface area (Å²) in [4.78, 5) is 30.9. The first-order valence-electron chi connectivity index (χ1n) is 30.5. The number of nitrogens with zero attached hydrogens (tertiary/aromatic N) is 2. The third kappa shape index (κ3) is 47.5. The number of unbranched alkanes of at least 4 members (excludes halogenated alkanes) is 28. The first-order valence-corrected chi connectivity index (χ1v) is 32.3. The van der Waals surface area contributed by atoms with Gasteiger partial charge in [0.1, 0.15) is 0 Å². The van der Waals surface area contributed by atoms with E-state index in [0.717, 1.165) is 77.0 Å². The third-order valence-corrected chi connectivity index (χ3v) is 17.1. The lowest BCUT2D eigenvalue weighted by molar-refractivity contribution is -0.112. The fraction of sp³-hybridized carbons (Fsp3) is 0.967. The predicted molar refractivity (Wildman–Crippen MR) is 308 cm³/mol. The van der Waals surface area contributed by atoms with E-state index in [1.165, 1.54) is 178 Å². The van der Waals surface area contributed by atoms with Gasteiger partial charge in [0.15, 0.2) is 10.2 Å². The molecule has 0 radical (unpaired) electrons. The summed E-state index contributed by atoms with van der Waals surface area (Å²) in [7, 11) is 0. The van der Waals surface area contributed by atoms with E-state index in [-0.39, 0.29) is 20.7 Å². The zero-order valence-electron chi connectivity index (χ0n) is 47.3. The van der Waals surface area contributed by atoms with Crippen LogP contribution in [-0.4, -0.2) is 115 Å². The van der Waals surface area contributed by atoms with Gasteiger partial charge in [-0.15, -0.1) is 0 Å². The summed E-state index contributed by atoms with van der Waals surface area (Å²) in [5.74, 6) is 0. The van der Waals surface area contributed by atoms with Gasteiger partial charge in [0.05, 0.1) is 24.4 Å². The first-order chi connectivity index (χ1) is 33.9. The minimum Gasteiger partial charge on any atom is -0.392 e. The molecule has 0 heterocycles. The minimum atomic E-state index is -0.425. The van der Waals surface area contributed by atoms with Gasteiger partial charge in [-0.2, -0.15) is 0 Å². The van der Waals surface area contributed by atoms with Crippen molar-refractivity contribution in [3.05, 3.63) is 0 Å². The molecule has 0 fully saturated rings. The van der Waals surface area contributed by atoms with E-state index in [1.54, 1.807) is 0 Å². The summed E-state index contributed by atoms with van der Waals surface area (Å²) in [5.41, 5.74) is 0. The van der Waals surface area contributed by atoms with E-state index in [1.807, 2.05) is 13.8 Å². The molecule has 0 aliphatic rings. The van der Waals surface area contributed by atoms with Crippen molar-refractivity contribution in [2.45, 2.75) is 333 Å². The molecule has 0 spiro atoms. The van der Waals surface area contributed by atoms with Crippen LogP contribution in [0, 0.1) is 0 Å². The molecule has 0 saturated heterocycles. The lowest BCUT2D eigenvalue weighted by Crippen LogP contribution is -2.39. The molecule has 0 aliphatic heterocycles. The highest BCUT2D eigenvalue weighted by molar-refractivity contribution is 8.17. The average Bonchev–Trinajstić information content (AvgIpc) is 3.32. The molecule has 0 bridgehead atoms. The fourth-order valence-electron chi connectivity index (χ4n) is 9.75. The van der Waals surface area contributed by atoms with Crippen LogP contribution < -0.4 is 0 Å². The van der Waals surface area contributed by atoms with E-state index in [4.69, 9.17) is 0 Å². The van der Waals surface area contributed by atoms with Crippen LogP contribution in [0.5, 0.6) is 0 Å². The van der Waals surface area contributed by atoms with Crippen LogP contribution in [0.3, 0.4) is 0 Å². The Labute approximate surface area is 444 Å². The number of rotatable bonds is 55. The summed E-state index contributed by atoms with van der Waals surface area (Å²) < 4.78 is 0. The standard InChI is InChI=1S/C60H120N2O6S2/c1-7-11-15-19-23-27-31-35-41-55(63)49-61(50-56(64)42-36-32-28-24-20-16-12-8-2)47-39-45-59(67)69-53(5)54(6)70-60(68)46-40-48-62(51-57(65)43-37-33-29-25-21-17-13-9-3)52-58(66)44-38-34-30-26-22-18-14-10-4/h53-58,63-66H,7-52H2,1-6H3. The summed E-state index contributed by atoms with van der Waals surface area (Å²) >= 11 is 2.70. The van der Waals surface area contributed by atoms with Crippen molar-refractivity contribution in [1.82, 2.24) is 9.80 Å². The molecule has 418 valence electrons. The Hall–Kier alpha value is -0.200. The number of hydrogen-bond acceptors (Lipinski definition) is 10. The van der Waals surface area contributed by atoms with E-state index in [0.29, 0.717) is 65.0 Å². The number of carbonyl (C=O) groups excluding carboxylic acids is 2. The summed E-state index contributed by atoms with van der Waals surface area (Å²) in [5, 5.41) is 44.4. The van der Waals surface area contributed by atoms with Gasteiger partial charge in [0.2, 0.25) is 0 Å². The fourth-order valence-corrected chi connectivity index (χ4v) is 11.8. The second-order valence-corrected chi connectivity index (χ2v) is 24.7. The zero-order chi connectivity index (χ0) is 51.7. The smallest absolute Gasteiger partial charge is 0.189 e. The van der Waals surface area contributed by atoms with Gasteiger partial charge in [-0.1, -0.05) is 271 Å². The highest BCUT2D eigenvalue weighted by Gasteiger charge is 2.22. The molecule has 0 saturated carbocycles. The van der Waals surface area contributed by atoms with Crippen LogP contribution >= 0.6 is 23.5 Å². The van der Waals surface area contributed by atoms with Crippen LogP contribution in [0.1, 0.15) is 298 Å². The van der Waals surface area contributed by atoms with Crippen molar-refractivity contribution in [2.75, 3.05) is 39.3 Å². The molecule has 0 amide bonds. The Bertz CT molecular complexity index is 981. The van der Waals surface area contributed by atoms with Gasteiger partial charge in [0.25, 0.3) is 0 Å². The van der Waals surface area contributed by atoms with Crippen molar-refractivity contribution < 1.29 is 30.0 Å². The Kier molecular flexibility index (Phi) is 52.1. The topological polar surface area (TPSA) is 122 Å². The van der Waals surface area contributed by atoms with E-state index in [9.17, 15) is 30.0 Å². The Morgan fingerprint density at radius 2 is 0.529 bits per heavy atom.